The van der Waals surface area contributed by atoms with E-state index in [1.54, 1.807) is 36.4 Å². The van der Waals surface area contributed by atoms with Gasteiger partial charge in [0, 0.05) is 0 Å². The molecule has 0 aliphatic carbocycles. The molecule has 0 aromatic heterocycles. The van der Waals surface area contributed by atoms with Gasteiger partial charge in [-0.25, -0.2) is 4.79 Å². The molecule has 4 nitrogen and oxygen atoms in total. The Morgan fingerprint density at radius 1 is 0.958 bits per heavy atom. The molecule has 3 rings (SSSR count). The van der Waals surface area contributed by atoms with Crippen LogP contribution < -0.4 is 0 Å². The number of Topliss-reactive ketones (excluding diaryl/α,β-unsaturated/α-hetero) is 1. The van der Waals surface area contributed by atoms with Gasteiger partial charge in [0.2, 0.25) is 17.3 Å². The zero-order chi connectivity index (χ0) is 16.9. The maximum absolute atomic E-state index is 12.5. The molecule has 0 atom stereocenters. The number of carbonyl (C=O) groups excluding carboxylic acids is 2. The smallest absolute Gasteiger partial charge is 0.380 e. The van der Waals surface area contributed by atoms with Gasteiger partial charge in [-0.3, -0.25) is 4.79 Å². The number of aliphatic hydroxyl groups excluding tert-OH is 1. The highest BCUT2D eigenvalue weighted by molar-refractivity contribution is 6.33. The fourth-order valence-corrected chi connectivity index (χ4v) is 2.35. The molecule has 1 N–H and O–H groups in total. The van der Waals surface area contributed by atoms with E-state index >= 15 is 0 Å². The van der Waals surface area contributed by atoms with Crippen LogP contribution in [-0.2, 0) is 20.7 Å². The Kier molecular flexibility index (Phi) is 4.41. The summed E-state index contributed by atoms with van der Waals surface area (Å²) < 4.78 is 4.88. The third kappa shape index (κ3) is 3.19. The topological polar surface area (TPSA) is 63.6 Å². The summed E-state index contributed by atoms with van der Waals surface area (Å²) in [6.45, 7) is 0. The third-order valence-electron chi connectivity index (χ3n) is 3.53. The molecule has 1 aliphatic rings. The number of carbonyl (C=O) groups is 2. The van der Waals surface area contributed by atoms with E-state index in [-0.39, 0.29) is 11.3 Å². The zero-order valence-corrected chi connectivity index (χ0v) is 12.7. The molecular weight excluding hydrogens is 304 g/mol. The number of hydrogen-bond donors (Lipinski definition) is 1. The predicted molar refractivity (Wildman–Crippen MR) is 88.8 cm³/mol. The van der Waals surface area contributed by atoms with Crippen LogP contribution in [0.15, 0.2) is 84.0 Å². The Balaban J connectivity index is 1.93. The number of allylic oxidation sites excluding steroid dienone is 1. The van der Waals surface area contributed by atoms with Gasteiger partial charge in [-0.1, -0.05) is 66.4 Å². The summed E-state index contributed by atoms with van der Waals surface area (Å²) in [5.74, 6) is -2.42. The molecule has 0 bridgehead atoms. The van der Waals surface area contributed by atoms with Crippen LogP contribution in [0.3, 0.4) is 0 Å². The molecule has 118 valence electrons. The standard InChI is InChI=1S/C20H14O4/c21-18-16(13-7-10-14-8-3-1-4-9-14)24-20(23)19(22)17(18)15-11-5-2-6-12-15/h1-9,11-12,22H,10H2. The van der Waals surface area contributed by atoms with Crippen molar-refractivity contribution in [3.05, 3.63) is 95.1 Å². The largest absolute Gasteiger partial charge is 0.501 e. The molecule has 1 aliphatic heterocycles. The van der Waals surface area contributed by atoms with Crippen LogP contribution in [0.1, 0.15) is 11.1 Å². The van der Waals surface area contributed by atoms with E-state index in [0.717, 1.165) is 5.56 Å². The Bertz CT molecular complexity index is 870. The van der Waals surface area contributed by atoms with Crippen LogP contribution in [-0.4, -0.2) is 16.9 Å². The van der Waals surface area contributed by atoms with Gasteiger partial charge < -0.3 is 9.84 Å². The van der Waals surface area contributed by atoms with Crippen LogP contribution in [0.5, 0.6) is 0 Å². The number of esters is 1. The molecular formula is C20H14O4. The van der Waals surface area contributed by atoms with Crippen molar-refractivity contribution in [2.45, 2.75) is 6.42 Å². The summed E-state index contributed by atoms with van der Waals surface area (Å²) in [4.78, 5) is 24.3. The summed E-state index contributed by atoms with van der Waals surface area (Å²) in [5.41, 5.74) is 4.16. The van der Waals surface area contributed by atoms with E-state index in [0.29, 0.717) is 12.0 Å². The monoisotopic (exact) mass is 318 g/mol. The predicted octanol–water partition coefficient (Wildman–Crippen LogP) is 3.36. The Morgan fingerprint density at radius 3 is 2.25 bits per heavy atom. The first-order valence-corrected chi connectivity index (χ1v) is 7.41. The van der Waals surface area contributed by atoms with Crippen molar-refractivity contribution in [3.8, 4) is 0 Å². The van der Waals surface area contributed by atoms with Gasteiger partial charge in [0.25, 0.3) is 0 Å². The summed E-state index contributed by atoms with van der Waals surface area (Å²) >= 11 is 0. The van der Waals surface area contributed by atoms with Crippen LogP contribution in [0.4, 0.5) is 0 Å². The molecule has 0 saturated heterocycles. The SMILES string of the molecule is O=C1OC(=C=CCc2ccccc2)C(=O)C(c2ccccc2)=C1O. The highest BCUT2D eigenvalue weighted by atomic mass is 16.6. The van der Waals surface area contributed by atoms with Crippen LogP contribution in [0.25, 0.3) is 5.57 Å². The average molecular weight is 318 g/mol. The second kappa shape index (κ2) is 6.82. The number of cyclic esters (lactones) is 1. The van der Waals surface area contributed by atoms with Gasteiger partial charge in [-0.15, -0.1) is 0 Å². The lowest BCUT2D eigenvalue weighted by Crippen LogP contribution is -2.23. The molecule has 0 spiro atoms. The molecule has 0 unspecified atom stereocenters. The quantitative estimate of drug-likeness (QED) is 0.535. The number of ether oxygens (including phenoxy) is 1. The normalized spacial score (nSPS) is 14.2. The van der Waals surface area contributed by atoms with Crippen LogP contribution >= 0.6 is 0 Å². The molecule has 4 heteroatoms. The highest BCUT2D eigenvalue weighted by Crippen LogP contribution is 2.27. The molecule has 0 saturated carbocycles. The number of benzene rings is 2. The summed E-state index contributed by atoms with van der Waals surface area (Å²) in [6, 6.07) is 18.1. The number of aliphatic hydroxyl groups is 1. The second-order valence-electron chi connectivity index (χ2n) is 5.18. The summed E-state index contributed by atoms with van der Waals surface area (Å²) in [5, 5.41) is 9.92. The van der Waals surface area contributed by atoms with Crippen molar-refractivity contribution in [2.75, 3.05) is 0 Å². The van der Waals surface area contributed by atoms with Crippen molar-refractivity contribution < 1.29 is 19.4 Å². The molecule has 24 heavy (non-hydrogen) atoms. The summed E-state index contributed by atoms with van der Waals surface area (Å²) in [6.07, 6.45) is 2.17. The zero-order valence-electron chi connectivity index (χ0n) is 12.7. The van der Waals surface area contributed by atoms with E-state index in [1.807, 2.05) is 30.3 Å². The van der Waals surface area contributed by atoms with E-state index in [1.165, 1.54) is 0 Å². The molecule has 1 heterocycles. The fraction of sp³-hybridized carbons (Fsp3) is 0.0500. The highest BCUT2D eigenvalue weighted by Gasteiger charge is 2.33. The Morgan fingerprint density at radius 2 is 1.58 bits per heavy atom. The first kappa shape index (κ1) is 15.5. The number of hydrogen-bond acceptors (Lipinski definition) is 4. The van der Waals surface area contributed by atoms with Gasteiger partial charge >= 0.3 is 5.97 Å². The maximum atomic E-state index is 12.5. The maximum Gasteiger partial charge on any atom is 0.380 e. The van der Waals surface area contributed by atoms with E-state index in [4.69, 9.17) is 4.74 Å². The van der Waals surface area contributed by atoms with Crippen molar-refractivity contribution in [1.29, 1.82) is 0 Å². The molecule has 0 radical (unpaired) electrons. The number of ketones is 1. The van der Waals surface area contributed by atoms with Crippen molar-refractivity contribution >= 4 is 17.3 Å². The first-order valence-electron chi connectivity index (χ1n) is 7.41. The van der Waals surface area contributed by atoms with E-state index in [2.05, 4.69) is 5.73 Å². The Labute approximate surface area is 139 Å². The minimum absolute atomic E-state index is 0.0672. The van der Waals surface area contributed by atoms with Gasteiger partial charge in [-0.2, -0.15) is 0 Å². The molecule has 2 aromatic carbocycles. The van der Waals surface area contributed by atoms with Gasteiger partial charge in [0.05, 0.1) is 5.57 Å². The number of rotatable bonds is 3. The molecule has 2 aromatic rings. The van der Waals surface area contributed by atoms with Gasteiger partial charge in [0.15, 0.2) is 0 Å². The van der Waals surface area contributed by atoms with Crippen molar-refractivity contribution in [3.63, 3.8) is 0 Å². The lowest BCUT2D eigenvalue weighted by atomic mass is 9.97. The first-order chi connectivity index (χ1) is 11.7. The lowest BCUT2D eigenvalue weighted by molar-refractivity contribution is -0.141. The van der Waals surface area contributed by atoms with E-state index in [9.17, 15) is 14.7 Å². The molecule has 0 amide bonds. The van der Waals surface area contributed by atoms with Gasteiger partial charge in [-0.05, 0) is 23.6 Å². The second-order valence-corrected chi connectivity index (χ2v) is 5.18. The Hall–Kier alpha value is -3.36. The van der Waals surface area contributed by atoms with Gasteiger partial charge in [0.1, 0.15) is 0 Å². The van der Waals surface area contributed by atoms with Crippen LogP contribution in [0.2, 0.25) is 0 Å². The average Bonchev–Trinajstić information content (AvgIpc) is 2.61. The minimum atomic E-state index is -0.955. The fourth-order valence-electron chi connectivity index (χ4n) is 2.35. The summed E-state index contributed by atoms with van der Waals surface area (Å²) in [7, 11) is 0. The van der Waals surface area contributed by atoms with Crippen molar-refractivity contribution in [2.24, 2.45) is 0 Å². The van der Waals surface area contributed by atoms with Crippen LogP contribution in [0, 0.1) is 0 Å². The molecule has 0 fully saturated rings. The lowest BCUT2D eigenvalue weighted by Gasteiger charge is -2.15. The third-order valence-corrected chi connectivity index (χ3v) is 3.53. The van der Waals surface area contributed by atoms with E-state index < -0.39 is 17.5 Å². The minimum Gasteiger partial charge on any atom is -0.501 e. The van der Waals surface area contributed by atoms with Crippen molar-refractivity contribution in [1.82, 2.24) is 0 Å².